The van der Waals surface area contributed by atoms with E-state index in [-0.39, 0.29) is 11.7 Å². The molecule has 0 aliphatic carbocycles. The molecule has 2 unspecified atom stereocenters. The maximum absolute atomic E-state index is 10.2. The lowest BCUT2D eigenvalue weighted by Crippen LogP contribution is -2.41. The molecule has 2 aliphatic heterocycles. The molecule has 86 valence electrons. The van der Waals surface area contributed by atoms with Crippen LogP contribution in [0.2, 0.25) is 0 Å². The molecule has 1 fully saturated rings. The van der Waals surface area contributed by atoms with Gasteiger partial charge in [-0.15, -0.1) is 0 Å². The number of ether oxygens (including phenoxy) is 1. The maximum atomic E-state index is 10.2. The number of halogens is 1. The number of aliphatic hydroxyl groups is 1. The van der Waals surface area contributed by atoms with Gasteiger partial charge in [-0.05, 0) is 24.3 Å². The Kier molecular flexibility index (Phi) is 2.68. The molecule has 1 aromatic rings. The first kappa shape index (κ1) is 10.9. The normalized spacial score (nSPS) is 32.5. The van der Waals surface area contributed by atoms with Crippen molar-refractivity contribution in [3.05, 3.63) is 28.2 Å². The van der Waals surface area contributed by atoms with Gasteiger partial charge in [0.2, 0.25) is 0 Å². The third-order valence-corrected chi connectivity index (χ3v) is 5.01. The van der Waals surface area contributed by atoms with Crippen molar-refractivity contribution in [3.8, 4) is 5.75 Å². The van der Waals surface area contributed by atoms with E-state index >= 15 is 0 Å². The van der Waals surface area contributed by atoms with E-state index in [0.29, 0.717) is 0 Å². The molecule has 2 heterocycles. The van der Waals surface area contributed by atoms with Crippen molar-refractivity contribution in [2.24, 2.45) is 0 Å². The van der Waals surface area contributed by atoms with Crippen LogP contribution in [-0.2, 0) is 0 Å². The van der Waals surface area contributed by atoms with E-state index in [0.717, 1.165) is 40.1 Å². The Morgan fingerprint density at radius 3 is 3.12 bits per heavy atom. The first-order valence-electron chi connectivity index (χ1n) is 5.43. The Hall–Kier alpha value is -0.190. The van der Waals surface area contributed by atoms with E-state index in [4.69, 9.17) is 4.74 Å². The van der Waals surface area contributed by atoms with Crippen LogP contribution in [0.5, 0.6) is 5.75 Å². The Labute approximate surface area is 108 Å². The van der Waals surface area contributed by atoms with Crippen LogP contribution < -0.4 is 4.74 Å². The smallest absolute Gasteiger partial charge is 0.127 e. The van der Waals surface area contributed by atoms with Crippen molar-refractivity contribution in [2.45, 2.75) is 24.5 Å². The summed E-state index contributed by atoms with van der Waals surface area (Å²) in [5.41, 5.74) is 0.795. The second kappa shape index (κ2) is 3.93. The predicted molar refractivity (Wildman–Crippen MR) is 69.0 cm³/mol. The van der Waals surface area contributed by atoms with Gasteiger partial charge < -0.3 is 9.84 Å². The summed E-state index contributed by atoms with van der Waals surface area (Å²) in [6.07, 6.45) is 1.39. The summed E-state index contributed by atoms with van der Waals surface area (Å²) < 4.78 is 7.12. The van der Waals surface area contributed by atoms with Crippen LogP contribution in [0.3, 0.4) is 0 Å². The molecule has 0 aromatic heterocycles. The molecule has 16 heavy (non-hydrogen) atoms. The highest BCUT2D eigenvalue weighted by molar-refractivity contribution is 9.10. The Bertz CT molecular complexity index is 415. The summed E-state index contributed by atoms with van der Waals surface area (Å²) in [5, 5.41) is 10.2. The molecule has 1 saturated heterocycles. The molecule has 0 amide bonds. The minimum absolute atomic E-state index is 0.127. The fourth-order valence-electron chi connectivity index (χ4n) is 2.44. The number of thioether (sulfide) groups is 1. The van der Waals surface area contributed by atoms with E-state index in [1.165, 1.54) is 0 Å². The van der Waals surface area contributed by atoms with E-state index < -0.39 is 0 Å². The number of benzene rings is 1. The van der Waals surface area contributed by atoms with Gasteiger partial charge in [0.05, 0.1) is 6.10 Å². The lowest BCUT2D eigenvalue weighted by Gasteiger charge is -2.37. The lowest BCUT2D eigenvalue weighted by atomic mass is 9.88. The number of fused-ring (bicyclic) bond motifs is 1. The summed E-state index contributed by atoms with van der Waals surface area (Å²) in [5.74, 6) is 2.97. The zero-order valence-electron chi connectivity index (χ0n) is 8.78. The molecule has 1 N–H and O–H groups in total. The molecule has 0 saturated carbocycles. The Morgan fingerprint density at radius 1 is 1.50 bits per heavy atom. The first-order valence-corrected chi connectivity index (χ1v) is 7.38. The van der Waals surface area contributed by atoms with Crippen LogP contribution in [0.25, 0.3) is 0 Å². The quantitative estimate of drug-likeness (QED) is 0.798. The van der Waals surface area contributed by atoms with Crippen molar-refractivity contribution in [1.29, 1.82) is 0 Å². The summed E-state index contributed by atoms with van der Waals surface area (Å²) in [4.78, 5) is 0. The Morgan fingerprint density at radius 2 is 2.38 bits per heavy atom. The van der Waals surface area contributed by atoms with Gasteiger partial charge in [-0.1, -0.05) is 22.0 Å². The fourth-order valence-corrected chi connectivity index (χ4v) is 4.13. The highest BCUT2D eigenvalue weighted by atomic mass is 79.9. The van der Waals surface area contributed by atoms with Crippen molar-refractivity contribution >= 4 is 27.7 Å². The van der Waals surface area contributed by atoms with E-state index in [9.17, 15) is 5.11 Å². The molecule has 2 atom stereocenters. The van der Waals surface area contributed by atoms with Crippen molar-refractivity contribution in [3.63, 3.8) is 0 Å². The van der Waals surface area contributed by atoms with Crippen molar-refractivity contribution in [1.82, 2.24) is 0 Å². The molecule has 0 radical (unpaired) electrons. The average molecular weight is 301 g/mol. The zero-order chi connectivity index (χ0) is 11.2. The molecule has 2 aliphatic rings. The topological polar surface area (TPSA) is 29.5 Å². The minimum Gasteiger partial charge on any atom is -0.486 e. The molecule has 2 nitrogen and oxygen atoms in total. The highest BCUT2D eigenvalue weighted by Gasteiger charge is 2.43. The molecule has 1 aromatic carbocycles. The van der Waals surface area contributed by atoms with E-state index in [2.05, 4.69) is 15.9 Å². The standard InChI is InChI=1S/C12H13BrO2S/c13-8-1-2-9-10(14)6-12(3-4-16-7-12)15-11(9)5-8/h1-2,5,10,14H,3-4,6-7H2. The molecular weight excluding hydrogens is 288 g/mol. The van der Waals surface area contributed by atoms with Crippen LogP contribution >= 0.6 is 27.7 Å². The van der Waals surface area contributed by atoms with Gasteiger partial charge >= 0.3 is 0 Å². The number of hydrogen-bond acceptors (Lipinski definition) is 3. The van der Waals surface area contributed by atoms with Crippen LogP contribution in [0.1, 0.15) is 24.5 Å². The summed E-state index contributed by atoms with van der Waals surface area (Å²) in [6, 6.07) is 5.86. The predicted octanol–water partition coefficient (Wildman–Crippen LogP) is 3.14. The van der Waals surface area contributed by atoms with Gasteiger partial charge in [-0.25, -0.2) is 0 Å². The van der Waals surface area contributed by atoms with Crippen molar-refractivity contribution < 1.29 is 9.84 Å². The third kappa shape index (κ3) is 1.77. The maximum Gasteiger partial charge on any atom is 0.127 e. The first-order chi connectivity index (χ1) is 7.69. The largest absolute Gasteiger partial charge is 0.486 e. The van der Waals surface area contributed by atoms with Crippen LogP contribution in [0.4, 0.5) is 0 Å². The van der Waals surface area contributed by atoms with Gasteiger partial charge in [-0.2, -0.15) is 11.8 Å². The average Bonchev–Trinajstić information content (AvgIpc) is 2.65. The van der Waals surface area contributed by atoms with Crippen molar-refractivity contribution in [2.75, 3.05) is 11.5 Å². The zero-order valence-corrected chi connectivity index (χ0v) is 11.2. The van der Waals surface area contributed by atoms with Crippen LogP contribution in [-0.4, -0.2) is 22.2 Å². The SMILES string of the molecule is OC1CC2(CCSC2)Oc2cc(Br)ccc21. The molecule has 1 spiro atoms. The van der Waals surface area contributed by atoms with Crippen LogP contribution in [0, 0.1) is 0 Å². The summed E-state index contributed by atoms with van der Waals surface area (Å²) in [6.45, 7) is 0. The van der Waals surface area contributed by atoms with Crippen LogP contribution in [0.15, 0.2) is 22.7 Å². The number of rotatable bonds is 0. The highest BCUT2D eigenvalue weighted by Crippen LogP contribution is 2.46. The number of hydrogen-bond donors (Lipinski definition) is 1. The summed E-state index contributed by atoms with van der Waals surface area (Å²) >= 11 is 5.35. The third-order valence-electron chi connectivity index (χ3n) is 3.29. The van der Waals surface area contributed by atoms with Gasteiger partial charge in [0, 0.05) is 22.2 Å². The van der Waals surface area contributed by atoms with E-state index in [1.54, 1.807) is 0 Å². The monoisotopic (exact) mass is 300 g/mol. The van der Waals surface area contributed by atoms with Gasteiger partial charge in [0.1, 0.15) is 11.4 Å². The van der Waals surface area contributed by atoms with Gasteiger partial charge in [0.15, 0.2) is 0 Å². The molecular formula is C12H13BrO2S. The number of aliphatic hydroxyl groups excluding tert-OH is 1. The lowest BCUT2D eigenvalue weighted by molar-refractivity contribution is 0.00402. The van der Waals surface area contributed by atoms with Gasteiger partial charge in [-0.3, -0.25) is 0 Å². The molecule has 4 heteroatoms. The second-order valence-electron chi connectivity index (χ2n) is 4.49. The molecule has 0 bridgehead atoms. The fraction of sp³-hybridized carbons (Fsp3) is 0.500. The molecule has 3 rings (SSSR count). The summed E-state index contributed by atoms with van der Waals surface area (Å²) in [7, 11) is 0. The minimum atomic E-state index is -0.379. The van der Waals surface area contributed by atoms with E-state index in [1.807, 2.05) is 30.0 Å². The Balaban J connectivity index is 2.00. The second-order valence-corrected chi connectivity index (χ2v) is 6.51. The van der Waals surface area contributed by atoms with Gasteiger partial charge in [0.25, 0.3) is 0 Å².